The summed E-state index contributed by atoms with van der Waals surface area (Å²) in [5, 5.41) is 0.0808. The van der Waals surface area contributed by atoms with Crippen molar-refractivity contribution in [3.63, 3.8) is 0 Å². The molecule has 0 aliphatic rings. The van der Waals surface area contributed by atoms with E-state index in [1.54, 1.807) is 0 Å². The zero-order valence-corrected chi connectivity index (χ0v) is 12.9. The van der Waals surface area contributed by atoms with E-state index in [0.717, 1.165) is 0 Å². The fourth-order valence-corrected chi connectivity index (χ4v) is 1.78. The van der Waals surface area contributed by atoms with E-state index in [4.69, 9.17) is 22.1 Å². The number of nitrogen functional groups attached to an aromatic ring is 1. The highest BCUT2D eigenvalue weighted by molar-refractivity contribution is 6.33. The molecule has 0 saturated carbocycles. The lowest BCUT2D eigenvalue weighted by molar-refractivity contribution is -0.140. The van der Waals surface area contributed by atoms with Crippen LogP contribution in [0.1, 0.15) is 17.3 Å². The van der Waals surface area contributed by atoms with Crippen molar-refractivity contribution in [3.05, 3.63) is 22.7 Å². The van der Waals surface area contributed by atoms with Crippen molar-refractivity contribution in [1.29, 1.82) is 0 Å². The Morgan fingerprint density at radius 2 is 2.00 bits per heavy atom. The van der Waals surface area contributed by atoms with Crippen LogP contribution < -0.4 is 10.5 Å². The number of carbonyl (C=O) groups excluding carboxylic acids is 1. The summed E-state index contributed by atoms with van der Waals surface area (Å²) in [6, 6.07) is 2.51. The number of nitrogens with zero attached hydrogens (tertiary/aromatic N) is 1. The molecule has 0 fully saturated rings. The minimum atomic E-state index is -4.48. The van der Waals surface area contributed by atoms with Crippen molar-refractivity contribution in [2.75, 3.05) is 25.9 Å². The summed E-state index contributed by atoms with van der Waals surface area (Å²) in [6.07, 6.45) is -4.48. The van der Waals surface area contributed by atoms with Crippen LogP contribution in [0.2, 0.25) is 5.02 Å². The molecule has 1 aromatic carbocycles. The fraction of sp³-hybridized carbons (Fsp3) is 0.417. The topological polar surface area (TPSA) is 55.6 Å². The van der Waals surface area contributed by atoms with Crippen LogP contribution in [0, 0.1) is 0 Å². The maximum Gasteiger partial charge on any atom is 0.406 e. The number of anilines is 1. The van der Waals surface area contributed by atoms with E-state index in [1.165, 1.54) is 26.2 Å². The first-order valence-corrected chi connectivity index (χ1v) is 6.06. The normalized spacial score (nSPS) is 10.8. The molecular formula is C12H15Cl2F3N2O2. The third kappa shape index (κ3) is 5.17. The molecule has 120 valence electrons. The van der Waals surface area contributed by atoms with Gasteiger partial charge in [-0.05, 0) is 13.0 Å². The van der Waals surface area contributed by atoms with E-state index >= 15 is 0 Å². The number of nitrogens with two attached hydrogens (primary N) is 1. The molecule has 1 amide bonds. The average molecular weight is 347 g/mol. The molecule has 0 radical (unpaired) electrons. The van der Waals surface area contributed by atoms with Crippen LogP contribution in [0.25, 0.3) is 0 Å². The van der Waals surface area contributed by atoms with Crippen LogP contribution in [0.15, 0.2) is 12.1 Å². The van der Waals surface area contributed by atoms with Gasteiger partial charge in [0.15, 0.2) is 0 Å². The van der Waals surface area contributed by atoms with Gasteiger partial charge in [-0.1, -0.05) is 11.6 Å². The van der Waals surface area contributed by atoms with Gasteiger partial charge < -0.3 is 15.4 Å². The molecule has 0 aliphatic carbocycles. The number of rotatable bonds is 4. The number of benzene rings is 1. The number of amides is 1. The van der Waals surface area contributed by atoms with Gasteiger partial charge in [0.2, 0.25) is 0 Å². The van der Waals surface area contributed by atoms with Gasteiger partial charge in [0, 0.05) is 12.6 Å². The highest BCUT2D eigenvalue weighted by Gasteiger charge is 2.33. The lowest BCUT2D eigenvalue weighted by atomic mass is 10.1. The third-order valence-corrected chi connectivity index (χ3v) is 2.92. The highest BCUT2D eigenvalue weighted by atomic mass is 35.5. The Morgan fingerprint density at radius 1 is 1.43 bits per heavy atom. The van der Waals surface area contributed by atoms with E-state index in [1.807, 2.05) is 0 Å². The Hall–Kier alpha value is -1.34. The first-order chi connectivity index (χ1) is 9.19. The van der Waals surface area contributed by atoms with Crippen LogP contribution in [-0.2, 0) is 0 Å². The third-order valence-electron chi connectivity index (χ3n) is 2.59. The predicted octanol–water partition coefficient (Wildman–Crippen LogP) is 3.38. The van der Waals surface area contributed by atoms with Gasteiger partial charge in [0.1, 0.15) is 12.3 Å². The Morgan fingerprint density at radius 3 is 2.43 bits per heavy atom. The molecule has 1 aromatic rings. The van der Waals surface area contributed by atoms with Crippen molar-refractivity contribution >= 4 is 35.6 Å². The van der Waals surface area contributed by atoms with E-state index in [-0.39, 0.29) is 41.0 Å². The summed E-state index contributed by atoms with van der Waals surface area (Å²) in [7, 11) is 1.29. The molecule has 1 rings (SSSR count). The van der Waals surface area contributed by atoms with Gasteiger partial charge in [-0.2, -0.15) is 13.2 Å². The van der Waals surface area contributed by atoms with Crippen molar-refractivity contribution in [1.82, 2.24) is 4.90 Å². The van der Waals surface area contributed by atoms with Gasteiger partial charge in [-0.15, -0.1) is 12.4 Å². The number of carbonyl (C=O) groups is 1. The first kappa shape index (κ1) is 19.7. The van der Waals surface area contributed by atoms with Gasteiger partial charge in [0.25, 0.3) is 5.91 Å². The second-order valence-corrected chi connectivity index (χ2v) is 4.42. The lowest BCUT2D eigenvalue weighted by Gasteiger charge is -2.23. The molecule has 0 bridgehead atoms. The maximum atomic E-state index is 12.4. The summed E-state index contributed by atoms with van der Waals surface area (Å²) >= 11 is 5.79. The Labute approximate surface area is 131 Å². The largest absolute Gasteiger partial charge is 0.496 e. The molecule has 0 atom stereocenters. The van der Waals surface area contributed by atoms with Gasteiger partial charge >= 0.3 is 6.18 Å². The van der Waals surface area contributed by atoms with Crippen molar-refractivity contribution in [3.8, 4) is 5.75 Å². The molecule has 4 nitrogen and oxygen atoms in total. The van der Waals surface area contributed by atoms with Crippen molar-refractivity contribution in [2.45, 2.75) is 13.1 Å². The number of hydrogen-bond acceptors (Lipinski definition) is 3. The van der Waals surface area contributed by atoms with E-state index in [2.05, 4.69) is 0 Å². The highest BCUT2D eigenvalue weighted by Crippen LogP contribution is 2.30. The SMILES string of the molecule is CCN(CC(F)(F)F)C(=O)c1cc(Cl)c(N)cc1OC.Cl. The summed E-state index contributed by atoms with van der Waals surface area (Å²) in [5.74, 6) is -0.735. The molecule has 0 aromatic heterocycles. The minimum absolute atomic E-state index is 0. The number of ether oxygens (including phenoxy) is 1. The van der Waals surface area contributed by atoms with Gasteiger partial charge in [-0.25, -0.2) is 0 Å². The molecule has 0 aliphatic heterocycles. The fourth-order valence-electron chi connectivity index (χ4n) is 1.62. The molecule has 0 heterocycles. The first-order valence-electron chi connectivity index (χ1n) is 5.68. The monoisotopic (exact) mass is 346 g/mol. The van der Waals surface area contributed by atoms with E-state index < -0.39 is 18.6 Å². The molecule has 0 unspecified atom stereocenters. The quantitative estimate of drug-likeness (QED) is 0.850. The van der Waals surface area contributed by atoms with Gasteiger partial charge in [-0.3, -0.25) is 4.79 Å². The molecule has 9 heteroatoms. The lowest BCUT2D eigenvalue weighted by Crippen LogP contribution is -2.38. The number of hydrogen-bond donors (Lipinski definition) is 1. The molecule has 0 saturated heterocycles. The van der Waals surface area contributed by atoms with E-state index in [9.17, 15) is 18.0 Å². The molecule has 21 heavy (non-hydrogen) atoms. The summed E-state index contributed by atoms with van der Waals surface area (Å²) in [6.45, 7) is 0.0198. The number of halogens is 5. The number of alkyl halides is 3. The predicted molar refractivity (Wildman–Crippen MR) is 77.3 cm³/mol. The number of methoxy groups -OCH3 is 1. The molecule has 2 N–H and O–H groups in total. The maximum absolute atomic E-state index is 12.4. The summed E-state index contributed by atoms with van der Waals surface area (Å²) in [5.41, 5.74) is 5.68. The minimum Gasteiger partial charge on any atom is -0.496 e. The Kier molecular flexibility index (Phi) is 7.12. The second-order valence-electron chi connectivity index (χ2n) is 4.01. The van der Waals surface area contributed by atoms with Crippen LogP contribution in [0.3, 0.4) is 0 Å². The molecular weight excluding hydrogens is 332 g/mol. The van der Waals surface area contributed by atoms with Crippen LogP contribution >= 0.6 is 24.0 Å². The van der Waals surface area contributed by atoms with Crippen molar-refractivity contribution < 1.29 is 22.7 Å². The standard InChI is InChI=1S/C12H14ClF3N2O2.ClH/c1-3-18(6-12(14,15)16)11(19)7-4-8(13)9(17)5-10(7)20-2;/h4-5H,3,6,17H2,1-2H3;1H. The average Bonchev–Trinajstić information content (AvgIpc) is 2.36. The van der Waals surface area contributed by atoms with Gasteiger partial charge in [0.05, 0.1) is 23.4 Å². The zero-order valence-electron chi connectivity index (χ0n) is 11.3. The van der Waals surface area contributed by atoms with Crippen LogP contribution in [0.4, 0.5) is 18.9 Å². The van der Waals surface area contributed by atoms with Crippen molar-refractivity contribution in [2.24, 2.45) is 0 Å². The van der Waals surface area contributed by atoms with Crippen LogP contribution in [0.5, 0.6) is 5.75 Å². The summed E-state index contributed by atoms with van der Waals surface area (Å²) < 4.78 is 42.2. The molecule has 0 spiro atoms. The Balaban J connectivity index is 0.00000400. The second kappa shape index (κ2) is 7.61. The smallest absolute Gasteiger partial charge is 0.406 e. The zero-order chi connectivity index (χ0) is 15.5. The summed E-state index contributed by atoms with van der Waals surface area (Å²) in [4.78, 5) is 12.8. The Bertz CT molecular complexity index is 510. The van der Waals surface area contributed by atoms with Crippen LogP contribution in [-0.4, -0.2) is 37.2 Å². The van der Waals surface area contributed by atoms with E-state index in [0.29, 0.717) is 4.90 Å².